The number of nitrogens with zero attached hydrogens (tertiary/aromatic N) is 2. The van der Waals surface area contributed by atoms with Crippen LogP contribution in [-0.2, 0) is 0 Å². The molecule has 3 fully saturated rings. The molecular weight excluding hydrogens is 288 g/mol. The zero-order valence-electron chi connectivity index (χ0n) is 13.1. The summed E-state index contributed by atoms with van der Waals surface area (Å²) < 4.78 is 2.38. The van der Waals surface area contributed by atoms with Gasteiger partial charge in [-0.05, 0) is 55.6 Å². The van der Waals surface area contributed by atoms with E-state index in [9.17, 15) is 0 Å². The van der Waals surface area contributed by atoms with Crippen molar-refractivity contribution in [2.75, 3.05) is 0 Å². The van der Waals surface area contributed by atoms with Gasteiger partial charge in [-0.1, -0.05) is 25.3 Å². The van der Waals surface area contributed by atoms with Crippen LogP contribution < -0.4 is 0 Å². The van der Waals surface area contributed by atoms with E-state index in [1.165, 1.54) is 56.9 Å². The van der Waals surface area contributed by atoms with Gasteiger partial charge in [-0.25, -0.2) is 4.98 Å². The molecule has 0 N–H and O–H groups in total. The van der Waals surface area contributed by atoms with Crippen molar-refractivity contribution in [3.63, 3.8) is 0 Å². The molecule has 0 bridgehead atoms. The SMILES string of the molecule is c1cc2cncn2c(C2CC(C3CCCCC3)S2)c1C1CC1. The summed E-state index contributed by atoms with van der Waals surface area (Å²) in [5.41, 5.74) is 4.46. The third-order valence-electron chi connectivity index (χ3n) is 5.94. The van der Waals surface area contributed by atoms with Crippen molar-refractivity contribution in [1.29, 1.82) is 0 Å². The number of pyridine rings is 1. The van der Waals surface area contributed by atoms with Crippen molar-refractivity contribution in [2.24, 2.45) is 5.92 Å². The Balaban J connectivity index is 1.42. The maximum Gasteiger partial charge on any atom is 0.0994 e. The largest absolute Gasteiger partial charge is 0.302 e. The van der Waals surface area contributed by atoms with Crippen LogP contribution in [0.25, 0.3) is 5.52 Å². The lowest BCUT2D eigenvalue weighted by atomic mass is 9.84. The second-order valence-electron chi connectivity index (χ2n) is 7.43. The van der Waals surface area contributed by atoms with Gasteiger partial charge in [-0.3, -0.25) is 0 Å². The van der Waals surface area contributed by atoms with Crippen LogP contribution in [-0.4, -0.2) is 14.6 Å². The van der Waals surface area contributed by atoms with E-state index in [0.29, 0.717) is 5.25 Å². The molecule has 22 heavy (non-hydrogen) atoms. The molecule has 116 valence electrons. The van der Waals surface area contributed by atoms with Crippen molar-refractivity contribution >= 4 is 17.3 Å². The van der Waals surface area contributed by atoms with E-state index in [0.717, 1.165) is 17.1 Å². The second kappa shape index (κ2) is 5.30. The number of rotatable bonds is 3. The van der Waals surface area contributed by atoms with Crippen LogP contribution in [0.3, 0.4) is 0 Å². The van der Waals surface area contributed by atoms with Gasteiger partial charge in [0.05, 0.1) is 18.0 Å². The highest BCUT2D eigenvalue weighted by Gasteiger charge is 2.40. The Morgan fingerprint density at radius 1 is 1.05 bits per heavy atom. The van der Waals surface area contributed by atoms with Crippen LogP contribution in [0.2, 0.25) is 0 Å². The Morgan fingerprint density at radius 2 is 1.86 bits per heavy atom. The van der Waals surface area contributed by atoms with Crippen molar-refractivity contribution < 1.29 is 0 Å². The van der Waals surface area contributed by atoms with E-state index < -0.39 is 0 Å². The minimum Gasteiger partial charge on any atom is -0.302 e. The molecule has 0 amide bonds. The Morgan fingerprint density at radius 3 is 2.64 bits per heavy atom. The van der Waals surface area contributed by atoms with Crippen molar-refractivity contribution in [1.82, 2.24) is 9.38 Å². The average molecular weight is 312 g/mol. The summed E-state index contributed by atoms with van der Waals surface area (Å²) in [4.78, 5) is 4.39. The minimum absolute atomic E-state index is 0.709. The molecule has 2 saturated carbocycles. The lowest BCUT2D eigenvalue weighted by Gasteiger charge is -2.42. The smallest absolute Gasteiger partial charge is 0.0994 e. The molecule has 2 aliphatic carbocycles. The number of imidazole rings is 1. The van der Waals surface area contributed by atoms with Gasteiger partial charge in [-0.2, -0.15) is 0 Å². The number of aromatic nitrogens is 2. The monoisotopic (exact) mass is 312 g/mol. The normalized spacial score (nSPS) is 29.6. The fourth-order valence-corrected chi connectivity index (χ4v) is 6.07. The topological polar surface area (TPSA) is 17.3 Å². The van der Waals surface area contributed by atoms with Gasteiger partial charge in [0.2, 0.25) is 0 Å². The maximum atomic E-state index is 4.39. The van der Waals surface area contributed by atoms with Gasteiger partial charge in [0.25, 0.3) is 0 Å². The predicted molar refractivity (Wildman–Crippen MR) is 92.5 cm³/mol. The van der Waals surface area contributed by atoms with Gasteiger partial charge in [0.1, 0.15) is 0 Å². The van der Waals surface area contributed by atoms with E-state index in [-0.39, 0.29) is 0 Å². The molecule has 0 radical (unpaired) electrons. The van der Waals surface area contributed by atoms with Crippen LogP contribution in [0.4, 0.5) is 0 Å². The summed E-state index contributed by atoms with van der Waals surface area (Å²) >= 11 is 2.26. The Hall–Kier alpha value is -0.960. The molecule has 3 aliphatic rings. The Bertz CT molecular complexity index is 676. The summed E-state index contributed by atoms with van der Waals surface area (Å²) in [6, 6.07) is 4.64. The summed E-state index contributed by atoms with van der Waals surface area (Å²) in [5.74, 6) is 1.83. The fraction of sp³-hybridized carbons (Fsp3) is 0.632. The Kier molecular flexibility index (Phi) is 3.24. The van der Waals surface area contributed by atoms with Crippen molar-refractivity contribution in [2.45, 2.75) is 67.8 Å². The molecule has 1 aliphatic heterocycles. The van der Waals surface area contributed by atoms with Crippen LogP contribution in [0.15, 0.2) is 24.7 Å². The highest BCUT2D eigenvalue weighted by molar-refractivity contribution is 8.01. The standard InChI is InChI=1S/C19H24N2S/c1-2-4-14(5-3-1)17-10-18(22-17)19-16(13-6-7-13)9-8-15-11-20-12-21(15)19/h8-9,11-14,17-18H,1-7,10H2. The van der Waals surface area contributed by atoms with Crippen LogP contribution in [0.5, 0.6) is 0 Å². The molecule has 2 aromatic rings. The molecule has 5 rings (SSSR count). The first kappa shape index (κ1) is 13.5. The van der Waals surface area contributed by atoms with Crippen LogP contribution in [0.1, 0.15) is 73.8 Å². The average Bonchev–Trinajstić information content (AvgIpc) is 3.24. The van der Waals surface area contributed by atoms with Gasteiger partial charge < -0.3 is 4.40 Å². The summed E-state index contributed by atoms with van der Waals surface area (Å²) in [5, 5.41) is 1.64. The summed E-state index contributed by atoms with van der Waals surface area (Å²) in [6.45, 7) is 0. The van der Waals surface area contributed by atoms with Gasteiger partial charge in [0, 0.05) is 16.2 Å². The molecule has 2 atom stereocenters. The highest BCUT2D eigenvalue weighted by Crippen LogP contribution is 2.56. The van der Waals surface area contributed by atoms with Gasteiger partial charge >= 0.3 is 0 Å². The first-order valence-electron chi connectivity index (χ1n) is 9.00. The number of thioether (sulfide) groups is 1. The first-order valence-corrected chi connectivity index (χ1v) is 9.95. The van der Waals surface area contributed by atoms with Crippen LogP contribution >= 0.6 is 11.8 Å². The fourth-order valence-electron chi connectivity index (χ4n) is 4.51. The molecule has 3 heterocycles. The van der Waals surface area contributed by atoms with E-state index in [4.69, 9.17) is 0 Å². The second-order valence-corrected chi connectivity index (χ2v) is 8.88. The van der Waals surface area contributed by atoms with E-state index in [2.05, 4.69) is 33.3 Å². The zero-order valence-corrected chi connectivity index (χ0v) is 13.9. The van der Waals surface area contributed by atoms with Crippen molar-refractivity contribution in [3.05, 3.63) is 35.9 Å². The molecule has 2 nitrogen and oxygen atoms in total. The number of hydrogen-bond acceptors (Lipinski definition) is 2. The van der Waals surface area contributed by atoms with Crippen molar-refractivity contribution in [3.8, 4) is 0 Å². The molecule has 1 saturated heterocycles. The maximum absolute atomic E-state index is 4.39. The van der Waals surface area contributed by atoms with E-state index in [1.54, 1.807) is 11.3 Å². The molecular formula is C19H24N2S. The quantitative estimate of drug-likeness (QED) is 0.761. The summed E-state index contributed by atoms with van der Waals surface area (Å²) in [6.07, 6.45) is 15.6. The molecule has 2 aromatic heterocycles. The van der Waals surface area contributed by atoms with Crippen LogP contribution in [0, 0.1) is 5.92 Å². The predicted octanol–water partition coefficient (Wildman–Crippen LogP) is 5.34. The first-order chi connectivity index (χ1) is 10.9. The van der Waals surface area contributed by atoms with E-state index >= 15 is 0 Å². The zero-order chi connectivity index (χ0) is 14.5. The number of hydrogen-bond donors (Lipinski definition) is 0. The third kappa shape index (κ3) is 2.20. The third-order valence-corrected chi connectivity index (χ3v) is 7.61. The highest BCUT2D eigenvalue weighted by atomic mass is 32.2. The Labute approximate surface area is 136 Å². The van der Waals surface area contributed by atoms with Gasteiger partial charge in [-0.15, -0.1) is 11.8 Å². The molecule has 0 aromatic carbocycles. The van der Waals surface area contributed by atoms with E-state index in [1.807, 2.05) is 12.5 Å². The van der Waals surface area contributed by atoms with Gasteiger partial charge in [0.15, 0.2) is 0 Å². The minimum atomic E-state index is 0.709. The lowest BCUT2D eigenvalue weighted by molar-refractivity contribution is 0.328. The lowest BCUT2D eigenvalue weighted by Crippen LogP contribution is -2.31. The number of fused-ring (bicyclic) bond motifs is 1. The molecule has 0 spiro atoms. The summed E-state index contributed by atoms with van der Waals surface area (Å²) in [7, 11) is 0. The molecule has 2 unspecified atom stereocenters. The molecule has 3 heteroatoms.